The van der Waals surface area contributed by atoms with E-state index in [1.54, 1.807) is 30.3 Å². The Bertz CT molecular complexity index is 1700. The molecule has 11 nitrogen and oxygen atoms in total. The number of hydroxylamine groups is 1. The third-order valence-electron chi connectivity index (χ3n) is 7.47. The van der Waals surface area contributed by atoms with Crippen LogP contribution in [0, 0.1) is 16.0 Å². The molecule has 2 aliphatic heterocycles. The number of hydrogen-bond acceptors (Lipinski definition) is 9. The van der Waals surface area contributed by atoms with Crippen LogP contribution >= 0.6 is 0 Å². The maximum absolute atomic E-state index is 14.2. The van der Waals surface area contributed by atoms with Gasteiger partial charge in [0, 0.05) is 23.1 Å². The van der Waals surface area contributed by atoms with Crippen molar-refractivity contribution >= 4 is 39.6 Å². The topological polar surface area (TPSA) is 121 Å². The van der Waals surface area contributed by atoms with Crippen LogP contribution in [-0.4, -0.2) is 44.2 Å². The third-order valence-corrected chi connectivity index (χ3v) is 7.47. The molecule has 4 aromatic rings. The normalized spacial score (nSPS) is 19.9. The molecule has 2 saturated heterocycles. The van der Waals surface area contributed by atoms with Crippen LogP contribution in [-0.2, 0) is 14.4 Å². The van der Waals surface area contributed by atoms with E-state index in [2.05, 4.69) is 0 Å². The van der Waals surface area contributed by atoms with E-state index in [-0.39, 0.29) is 17.2 Å². The van der Waals surface area contributed by atoms with E-state index in [1.165, 1.54) is 49.5 Å². The lowest BCUT2D eigenvalue weighted by atomic mass is 9.89. The van der Waals surface area contributed by atoms with Crippen molar-refractivity contribution in [3.8, 4) is 17.2 Å². The molecule has 2 amide bonds. The monoisotopic (exact) mass is 555 g/mol. The minimum atomic E-state index is -1.19. The first kappa shape index (κ1) is 26.1. The van der Waals surface area contributed by atoms with Gasteiger partial charge < -0.3 is 14.2 Å². The predicted octanol–water partition coefficient (Wildman–Crippen LogP) is 4.82. The summed E-state index contributed by atoms with van der Waals surface area (Å²) in [4.78, 5) is 46.6. The number of nitro groups is 1. The number of non-ortho nitro benzene ring substituents is 1. The highest BCUT2D eigenvalue weighted by molar-refractivity contribution is 6.26. The molecule has 208 valence electrons. The second-order valence-corrected chi connectivity index (χ2v) is 9.53. The zero-order valence-electron chi connectivity index (χ0n) is 22.3. The molecule has 11 heteroatoms. The fourth-order valence-corrected chi connectivity index (χ4v) is 5.70. The molecule has 4 aromatic carbocycles. The number of ether oxygens (including phenoxy) is 3. The van der Waals surface area contributed by atoms with Gasteiger partial charge in [-0.1, -0.05) is 42.5 Å². The van der Waals surface area contributed by atoms with Crippen LogP contribution < -0.4 is 24.2 Å². The fourth-order valence-electron chi connectivity index (χ4n) is 5.70. The van der Waals surface area contributed by atoms with Crippen molar-refractivity contribution in [1.82, 2.24) is 0 Å². The van der Waals surface area contributed by atoms with Crippen molar-refractivity contribution in [2.45, 2.75) is 12.1 Å². The number of fused-ring (bicyclic) bond motifs is 2. The van der Waals surface area contributed by atoms with Crippen LogP contribution in [0.25, 0.3) is 10.8 Å². The Hall–Kier alpha value is -5.16. The lowest BCUT2D eigenvalue weighted by molar-refractivity contribution is -0.384. The van der Waals surface area contributed by atoms with Gasteiger partial charge in [0.25, 0.3) is 11.6 Å². The second kappa shape index (κ2) is 10.1. The largest absolute Gasteiger partial charge is 0.493 e. The minimum absolute atomic E-state index is 0.170. The van der Waals surface area contributed by atoms with E-state index >= 15 is 0 Å². The quantitative estimate of drug-likeness (QED) is 0.179. The van der Waals surface area contributed by atoms with E-state index in [0.29, 0.717) is 22.7 Å². The first-order chi connectivity index (χ1) is 19.9. The summed E-state index contributed by atoms with van der Waals surface area (Å²) >= 11 is 0. The number of nitro benzene ring substituents is 1. The van der Waals surface area contributed by atoms with Crippen molar-refractivity contribution < 1.29 is 33.6 Å². The Balaban J connectivity index is 1.53. The van der Waals surface area contributed by atoms with Gasteiger partial charge in [0.2, 0.25) is 11.7 Å². The van der Waals surface area contributed by atoms with Gasteiger partial charge in [-0.3, -0.25) is 24.5 Å². The molecule has 0 unspecified atom stereocenters. The highest BCUT2D eigenvalue weighted by atomic mass is 16.7. The number of hydrogen-bond donors (Lipinski definition) is 0. The van der Waals surface area contributed by atoms with Gasteiger partial charge in [0.15, 0.2) is 17.6 Å². The minimum Gasteiger partial charge on any atom is -0.493 e. The van der Waals surface area contributed by atoms with Gasteiger partial charge in [-0.2, -0.15) is 0 Å². The van der Waals surface area contributed by atoms with Gasteiger partial charge >= 0.3 is 0 Å². The summed E-state index contributed by atoms with van der Waals surface area (Å²) in [7, 11) is 4.40. The van der Waals surface area contributed by atoms with Gasteiger partial charge in [-0.15, -0.1) is 0 Å². The summed E-state index contributed by atoms with van der Waals surface area (Å²) in [5.41, 5.74) is 1.06. The SMILES string of the molecule is COc1ccc([C@H]2[C@@H]3C(=O)N(c4cccc5ccccc45)C(=O)[C@H]3ON2c2cccc([N+](=O)[O-])c2)c(OC)c1OC. The molecule has 41 heavy (non-hydrogen) atoms. The van der Waals surface area contributed by atoms with Gasteiger partial charge in [0.1, 0.15) is 12.0 Å². The van der Waals surface area contributed by atoms with Crippen molar-refractivity contribution in [2.75, 3.05) is 31.3 Å². The molecule has 0 aromatic heterocycles. The molecule has 0 N–H and O–H groups in total. The molecule has 6 rings (SSSR count). The van der Waals surface area contributed by atoms with E-state index in [0.717, 1.165) is 10.8 Å². The standard InChI is InChI=1S/C30H25N3O8/c1-38-23-15-14-21(26(39-2)27(23)40-3)25-24-28(41-32(25)18-10-7-11-19(16-18)33(36)37)30(35)31(29(24)34)22-13-6-9-17-8-4-5-12-20(17)22/h4-16,24-25,28H,1-3H3/t24-,25-,28-/m0/s1. The fraction of sp³-hybridized carbons (Fsp3) is 0.200. The molecular formula is C30H25N3O8. The van der Waals surface area contributed by atoms with Crippen LogP contribution in [0.5, 0.6) is 17.2 Å². The Morgan fingerprint density at radius 1 is 0.829 bits per heavy atom. The predicted molar refractivity (Wildman–Crippen MR) is 149 cm³/mol. The Morgan fingerprint density at radius 3 is 2.29 bits per heavy atom. The second-order valence-electron chi connectivity index (χ2n) is 9.53. The summed E-state index contributed by atoms with van der Waals surface area (Å²) in [5, 5.41) is 14.6. The summed E-state index contributed by atoms with van der Waals surface area (Å²) < 4.78 is 16.8. The summed E-state index contributed by atoms with van der Waals surface area (Å²) in [6.07, 6.45) is -1.19. The summed E-state index contributed by atoms with van der Waals surface area (Å²) in [6, 6.07) is 21.2. The number of carbonyl (C=O) groups is 2. The molecule has 0 bridgehead atoms. The number of benzene rings is 4. The maximum atomic E-state index is 14.2. The molecule has 0 aliphatic carbocycles. The average Bonchev–Trinajstić information content (AvgIpc) is 3.51. The van der Waals surface area contributed by atoms with Gasteiger partial charge in [0.05, 0.1) is 37.6 Å². The zero-order valence-corrected chi connectivity index (χ0v) is 22.3. The van der Waals surface area contributed by atoms with E-state index < -0.39 is 34.8 Å². The van der Waals surface area contributed by atoms with Crippen molar-refractivity contribution in [2.24, 2.45) is 5.92 Å². The highest BCUT2D eigenvalue weighted by Gasteiger charge is 2.61. The molecule has 0 radical (unpaired) electrons. The number of methoxy groups -OCH3 is 3. The number of anilines is 2. The van der Waals surface area contributed by atoms with E-state index in [1.807, 2.05) is 30.3 Å². The molecule has 0 spiro atoms. The molecular weight excluding hydrogens is 530 g/mol. The molecule has 3 atom stereocenters. The lowest BCUT2D eigenvalue weighted by Gasteiger charge is -2.30. The average molecular weight is 556 g/mol. The Morgan fingerprint density at radius 2 is 1.56 bits per heavy atom. The van der Waals surface area contributed by atoms with Crippen LogP contribution in [0.2, 0.25) is 0 Å². The molecule has 2 aliphatic rings. The lowest BCUT2D eigenvalue weighted by Crippen LogP contribution is -2.37. The number of amides is 2. The summed E-state index contributed by atoms with van der Waals surface area (Å²) in [6.45, 7) is 0. The van der Waals surface area contributed by atoms with Crippen LogP contribution in [0.1, 0.15) is 11.6 Å². The molecule has 2 heterocycles. The molecule has 0 saturated carbocycles. The Labute approximate surface area is 234 Å². The first-order valence-electron chi connectivity index (χ1n) is 12.7. The van der Waals surface area contributed by atoms with Gasteiger partial charge in [-0.25, -0.2) is 9.96 Å². The Kier molecular flexibility index (Phi) is 6.43. The highest BCUT2D eigenvalue weighted by Crippen LogP contribution is 2.53. The van der Waals surface area contributed by atoms with Crippen molar-refractivity contribution in [1.29, 1.82) is 0 Å². The van der Waals surface area contributed by atoms with Crippen molar-refractivity contribution in [3.05, 3.63) is 94.5 Å². The smallest absolute Gasteiger partial charge is 0.271 e. The summed E-state index contributed by atoms with van der Waals surface area (Å²) in [5.74, 6) is -1.04. The number of carbonyl (C=O) groups excluding carboxylic acids is 2. The number of rotatable bonds is 7. The van der Waals surface area contributed by atoms with Crippen LogP contribution in [0.3, 0.4) is 0 Å². The van der Waals surface area contributed by atoms with E-state index in [4.69, 9.17) is 19.0 Å². The molecule has 2 fully saturated rings. The number of nitrogens with zero attached hydrogens (tertiary/aromatic N) is 3. The first-order valence-corrected chi connectivity index (χ1v) is 12.7. The van der Waals surface area contributed by atoms with E-state index in [9.17, 15) is 19.7 Å². The maximum Gasteiger partial charge on any atom is 0.271 e. The van der Waals surface area contributed by atoms with Gasteiger partial charge in [-0.05, 0) is 29.7 Å². The third kappa shape index (κ3) is 4.01. The zero-order chi connectivity index (χ0) is 28.8. The van der Waals surface area contributed by atoms with Crippen LogP contribution in [0.15, 0.2) is 78.9 Å². The van der Waals surface area contributed by atoms with Crippen LogP contribution in [0.4, 0.5) is 17.1 Å². The number of imide groups is 1. The van der Waals surface area contributed by atoms with Crippen molar-refractivity contribution in [3.63, 3.8) is 0 Å².